The zero-order valence-corrected chi connectivity index (χ0v) is 17.2. The standard InChI is InChI=1S/C22H23N5O4/c1-31-21(29)16-6-2-3-7-17(16)23-20(28)14-15-10-12-26(13-11-15)22-24-18-8-4-5-9-19(18)27(30)25-22/h2-9,15H,10-14H2,1H3,(H,23,28). The Kier molecular flexibility index (Phi) is 5.92. The molecule has 9 heteroatoms. The number of nitrogens with one attached hydrogen (secondary N) is 1. The minimum absolute atomic E-state index is 0.144. The molecule has 1 fully saturated rings. The van der Waals surface area contributed by atoms with Gasteiger partial charge < -0.3 is 20.2 Å². The summed E-state index contributed by atoms with van der Waals surface area (Å²) in [5.41, 5.74) is 1.81. The van der Waals surface area contributed by atoms with Gasteiger partial charge in [0.1, 0.15) is 5.52 Å². The second kappa shape index (κ2) is 8.95. The molecule has 4 rings (SSSR count). The van der Waals surface area contributed by atoms with E-state index in [9.17, 15) is 14.8 Å². The number of carbonyl (C=O) groups excluding carboxylic acids is 2. The normalized spacial score (nSPS) is 14.4. The molecule has 0 atom stereocenters. The van der Waals surface area contributed by atoms with Crippen LogP contribution in [0.3, 0.4) is 0 Å². The Balaban J connectivity index is 1.36. The van der Waals surface area contributed by atoms with Crippen LogP contribution in [0, 0.1) is 11.1 Å². The van der Waals surface area contributed by atoms with Crippen LogP contribution < -0.4 is 15.1 Å². The first kappa shape index (κ1) is 20.5. The van der Waals surface area contributed by atoms with Gasteiger partial charge in [-0.25, -0.2) is 9.78 Å². The highest BCUT2D eigenvalue weighted by Crippen LogP contribution is 2.24. The summed E-state index contributed by atoms with van der Waals surface area (Å²) in [6, 6.07) is 13.9. The van der Waals surface area contributed by atoms with Gasteiger partial charge in [-0.15, -0.1) is 0 Å². The molecule has 1 amide bonds. The van der Waals surface area contributed by atoms with E-state index in [1.807, 2.05) is 11.0 Å². The molecule has 160 valence electrons. The van der Waals surface area contributed by atoms with Crippen LogP contribution in [-0.2, 0) is 9.53 Å². The van der Waals surface area contributed by atoms with E-state index >= 15 is 0 Å². The van der Waals surface area contributed by atoms with Crippen molar-refractivity contribution in [2.75, 3.05) is 30.4 Å². The number of anilines is 2. The topological polar surface area (TPSA) is 111 Å². The van der Waals surface area contributed by atoms with Gasteiger partial charge in [0, 0.05) is 25.6 Å². The van der Waals surface area contributed by atoms with Gasteiger partial charge in [-0.2, -0.15) is 0 Å². The summed E-state index contributed by atoms with van der Waals surface area (Å²) in [4.78, 5) is 31.5. The monoisotopic (exact) mass is 421 g/mol. The Labute approximate surface area is 179 Å². The summed E-state index contributed by atoms with van der Waals surface area (Å²) in [5, 5.41) is 19.1. The van der Waals surface area contributed by atoms with Crippen LogP contribution in [0.5, 0.6) is 0 Å². The summed E-state index contributed by atoms with van der Waals surface area (Å²) >= 11 is 0. The lowest BCUT2D eigenvalue weighted by Crippen LogP contribution is -2.40. The molecule has 9 nitrogen and oxygen atoms in total. The van der Waals surface area contributed by atoms with Crippen molar-refractivity contribution >= 4 is 34.5 Å². The summed E-state index contributed by atoms with van der Waals surface area (Å²) in [6.45, 7) is 1.32. The Hall–Kier alpha value is -3.75. The predicted octanol–water partition coefficient (Wildman–Crippen LogP) is 2.29. The van der Waals surface area contributed by atoms with E-state index in [1.165, 1.54) is 7.11 Å². The number of fused-ring (bicyclic) bond motifs is 1. The molecule has 0 aliphatic carbocycles. The van der Waals surface area contributed by atoms with Crippen molar-refractivity contribution in [3.05, 3.63) is 59.3 Å². The molecular weight excluding hydrogens is 398 g/mol. The third kappa shape index (κ3) is 4.55. The highest BCUT2D eigenvalue weighted by Gasteiger charge is 2.25. The van der Waals surface area contributed by atoms with Gasteiger partial charge in [-0.3, -0.25) is 4.79 Å². The predicted molar refractivity (Wildman–Crippen MR) is 114 cm³/mol. The van der Waals surface area contributed by atoms with Gasteiger partial charge >= 0.3 is 5.97 Å². The van der Waals surface area contributed by atoms with E-state index in [4.69, 9.17) is 4.74 Å². The van der Waals surface area contributed by atoms with E-state index < -0.39 is 5.97 Å². The van der Waals surface area contributed by atoms with Crippen molar-refractivity contribution in [2.45, 2.75) is 19.3 Å². The van der Waals surface area contributed by atoms with Gasteiger partial charge in [0.05, 0.1) is 23.5 Å². The number of amides is 1. The molecule has 0 saturated carbocycles. The van der Waals surface area contributed by atoms with Crippen LogP contribution in [0.2, 0.25) is 0 Å². The van der Waals surface area contributed by atoms with Crippen LogP contribution in [0.25, 0.3) is 11.0 Å². The fourth-order valence-electron chi connectivity index (χ4n) is 3.80. The van der Waals surface area contributed by atoms with Crippen LogP contribution in [0.15, 0.2) is 48.5 Å². The third-order valence-electron chi connectivity index (χ3n) is 5.47. The Morgan fingerprint density at radius 3 is 2.65 bits per heavy atom. The quantitative estimate of drug-likeness (QED) is 0.382. The summed E-state index contributed by atoms with van der Waals surface area (Å²) in [6.07, 6.45) is 1.91. The summed E-state index contributed by atoms with van der Waals surface area (Å²) in [5.74, 6) is -0.0330. The highest BCUT2D eigenvalue weighted by molar-refractivity contribution is 6.01. The van der Waals surface area contributed by atoms with Crippen molar-refractivity contribution in [1.29, 1.82) is 0 Å². The SMILES string of the molecule is COC(=O)c1ccccc1NC(=O)CC1CCN(c2nc3ccccc3[n+]([O-])n2)CC1. The fraction of sp³-hybridized carbons (Fsp3) is 0.318. The third-order valence-corrected chi connectivity index (χ3v) is 5.47. The Bertz CT molecular complexity index is 1110. The minimum Gasteiger partial charge on any atom is -0.594 e. The molecule has 2 aromatic carbocycles. The average molecular weight is 421 g/mol. The minimum atomic E-state index is -0.491. The van der Waals surface area contributed by atoms with Crippen molar-refractivity contribution in [3.8, 4) is 0 Å². The Morgan fingerprint density at radius 2 is 1.87 bits per heavy atom. The highest BCUT2D eigenvalue weighted by atomic mass is 16.5. The molecule has 1 aromatic heterocycles. The first-order chi connectivity index (χ1) is 15.0. The van der Waals surface area contributed by atoms with Gasteiger partial charge in [-0.05, 0) is 41.8 Å². The van der Waals surface area contributed by atoms with Crippen molar-refractivity contribution < 1.29 is 19.2 Å². The van der Waals surface area contributed by atoms with E-state index in [1.54, 1.807) is 42.5 Å². The molecule has 1 N–H and O–H groups in total. The smallest absolute Gasteiger partial charge is 0.339 e. The van der Waals surface area contributed by atoms with E-state index in [0.29, 0.717) is 52.6 Å². The van der Waals surface area contributed by atoms with Crippen LogP contribution in [-0.4, -0.2) is 42.2 Å². The second-order valence-electron chi connectivity index (χ2n) is 7.49. The molecule has 1 aliphatic rings. The molecule has 0 radical (unpaired) electrons. The molecule has 2 heterocycles. The lowest BCUT2D eigenvalue weighted by atomic mass is 9.93. The number of hydrogen-bond donors (Lipinski definition) is 1. The molecule has 1 aliphatic heterocycles. The zero-order chi connectivity index (χ0) is 21.8. The number of rotatable bonds is 5. The number of methoxy groups -OCH3 is 1. The maximum Gasteiger partial charge on any atom is 0.339 e. The van der Waals surface area contributed by atoms with Crippen LogP contribution in [0.1, 0.15) is 29.6 Å². The van der Waals surface area contributed by atoms with Gasteiger partial charge in [0.15, 0.2) is 0 Å². The summed E-state index contributed by atoms with van der Waals surface area (Å²) in [7, 11) is 1.31. The molecule has 0 unspecified atom stereocenters. The molecule has 1 saturated heterocycles. The van der Waals surface area contributed by atoms with Crippen LogP contribution in [0.4, 0.5) is 11.6 Å². The zero-order valence-electron chi connectivity index (χ0n) is 17.2. The van der Waals surface area contributed by atoms with Gasteiger partial charge in [-0.1, -0.05) is 24.3 Å². The second-order valence-corrected chi connectivity index (χ2v) is 7.49. The summed E-state index contributed by atoms with van der Waals surface area (Å²) < 4.78 is 4.77. The number of hydrogen-bond acceptors (Lipinski definition) is 7. The number of aromatic nitrogens is 3. The van der Waals surface area contributed by atoms with E-state index in [2.05, 4.69) is 15.4 Å². The maximum atomic E-state index is 12.5. The number of esters is 1. The average Bonchev–Trinajstić information content (AvgIpc) is 2.79. The number of ether oxygens (including phenoxy) is 1. The van der Waals surface area contributed by atoms with Gasteiger partial charge in [0.25, 0.3) is 11.5 Å². The van der Waals surface area contributed by atoms with Crippen molar-refractivity contribution in [1.82, 2.24) is 10.1 Å². The fourth-order valence-corrected chi connectivity index (χ4v) is 3.80. The first-order valence-corrected chi connectivity index (χ1v) is 10.1. The largest absolute Gasteiger partial charge is 0.594 e. The number of piperidine rings is 1. The van der Waals surface area contributed by atoms with Gasteiger partial charge in [0.2, 0.25) is 5.91 Å². The lowest BCUT2D eigenvalue weighted by molar-refractivity contribution is -0.641. The number of nitrogens with zero attached hydrogens (tertiary/aromatic N) is 4. The molecule has 3 aromatic rings. The molecule has 0 spiro atoms. The Morgan fingerprint density at radius 1 is 1.16 bits per heavy atom. The van der Waals surface area contributed by atoms with E-state index in [0.717, 1.165) is 12.8 Å². The van der Waals surface area contributed by atoms with E-state index in [-0.39, 0.29) is 11.8 Å². The lowest BCUT2D eigenvalue weighted by Gasteiger charge is -2.31. The molecule has 0 bridgehead atoms. The molecule has 31 heavy (non-hydrogen) atoms. The van der Waals surface area contributed by atoms with Crippen LogP contribution >= 0.6 is 0 Å². The molecular formula is C22H23N5O4. The number of carbonyl (C=O) groups is 2. The number of para-hydroxylation sites is 3. The maximum absolute atomic E-state index is 12.5. The van der Waals surface area contributed by atoms with Crippen molar-refractivity contribution in [2.24, 2.45) is 5.92 Å². The first-order valence-electron chi connectivity index (χ1n) is 10.1. The van der Waals surface area contributed by atoms with Crippen molar-refractivity contribution in [3.63, 3.8) is 0 Å². The number of benzene rings is 2.